The largest absolute Gasteiger partial charge is 0.349 e. The van der Waals surface area contributed by atoms with Crippen molar-refractivity contribution >= 4 is 62.0 Å². The minimum Gasteiger partial charge on any atom is -0.349 e. The zero-order valence-electron chi connectivity index (χ0n) is 13.7. The van der Waals surface area contributed by atoms with Crippen molar-refractivity contribution in [2.45, 2.75) is 24.9 Å². The maximum Gasteiger partial charge on any atom is 0.258 e. The second-order valence-corrected chi connectivity index (χ2v) is 8.96. The highest BCUT2D eigenvalue weighted by atomic mass is 35.5. The molecule has 134 valence electrons. The predicted octanol–water partition coefficient (Wildman–Crippen LogP) is 3.60. The fraction of sp³-hybridized carbons (Fsp3) is 0.353. The number of nitrogens with one attached hydrogen (secondary N) is 2. The SMILES string of the molecule is O=C(Nc1ccsc1Cl)c1csc2ncc(N3C[C@@H]4CC[C@H]3CN4)nc12. The van der Waals surface area contributed by atoms with Gasteiger partial charge in [-0.25, -0.2) is 9.97 Å². The molecule has 6 rings (SSSR count). The van der Waals surface area contributed by atoms with Gasteiger partial charge in [-0.1, -0.05) is 11.6 Å². The summed E-state index contributed by atoms with van der Waals surface area (Å²) in [4.78, 5) is 25.2. The molecule has 3 aliphatic heterocycles. The quantitative estimate of drug-likeness (QED) is 0.696. The molecule has 6 heterocycles. The summed E-state index contributed by atoms with van der Waals surface area (Å²) in [6, 6.07) is 2.77. The van der Waals surface area contributed by atoms with E-state index in [4.69, 9.17) is 16.6 Å². The molecule has 3 aromatic heterocycles. The van der Waals surface area contributed by atoms with Crippen LogP contribution in [0, 0.1) is 0 Å². The number of aromatic nitrogens is 2. The van der Waals surface area contributed by atoms with E-state index in [9.17, 15) is 4.79 Å². The van der Waals surface area contributed by atoms with Crippen molar-refractivity contribution in [2.75, 3.05) is 23.3 Å². The Kier molecular flexibility index (Phi) is 4.08. The van der Waals surface area contributed by atoms with Gasteiger partial charge in [-0.3, -0.25) is 4.79 Å². The maximum atomic E-state index is 12.7. The van der Waals surface area contributed by atoms with E-state index in [2.05, 4.69) is 20.5 Å². The Balaban J connectivity index is 1.47. The molecule has 0 aromatic carbocycles. The summed E-state index contributed by atoms with van der Waals surface area (Å²) in [5.74, 6) is 0.652. The van der Waals surface area contributed by atoms with Crippen LogP contribution in [0.15, 0.2) is 23.0 Å². The lowest BCUT2D eigenvalue weighted by atomic mass is 9.93. The summed E-state index contributed by atoms with van der Waals surface area (Å²) < 4.78 is 0.571. The summed E-state index contributed by atoms with van der Waals surface area (Å²) in [6.07, 6.45) is 4.21. The van der Waals surface area contributed by atoms with Crippen molar-refractivity contribution in [3.05, 3.63) is 32.9 Å². The van der Waals surface area contributed by atoms with Gasteiger partial charge in [-0.2, -0.15) is 0 Å². The third kappa shape index (κ3) is 2.77. The molecule has 0 spiro atoms. The third-order valence-electron chi connectivity index (χ3n) is 5.02. The van der Waals surface area contributed by atoms with Gasteiger partial charge in [0.1, 0.15) is 20.5 Å². The number of anilines is 2. The number of carbonyl (C=O) groups is 1. The van der Waals surface area contributed by atoms with Crippen LogP contribution in [-0.4, -0.2) is 41.0 Å². The zero-order chi connectivity index (χ0) is 17.7. The minimum absolute atomic E-state index is 0.204. The lowest BCUT2D eigenvalue weighted by Crippen LogP contribution is -2.61. The van der Waals surface area contributed by atoms with E-state index in [-0.39, 0.29) is 5.91 Å². The fourth-order valence-corrected chi connectivity index (χ4v) is 5.32. The molecular weight excluding hydrogens is 390 g/mol. The van der Waals surface area contributed by atoms with Gasteiger partial charge < -0.3 is 15.5 Å². The van der Waals surface area contributed by atoms with Gasteiger partial charge in [0.05, 0.1) is 17.4 Å². The Morgan fingerprint density at radius 2 is 2.31 bits per heavy atom. The van der Waals surface area contributed by atoms with Crippen LogP contribution in [0.3, 0.4) is 0 Å². The Morgan fingerprint density at radius 3 is 3.00 bits per heavy atom. The third-order valence-corrected chi connectivity index (χ3v) is 7.07. The summed E-state index contributed by atoms with van der Waals surface area (Å²) in [5, 5.41) is 10.1. The number of halogens is 1. The van der Waals surface area contributed by atoms with Crippen molar-refractivity contribution in [1.29, 1.82) is 0 Å². The highest BCUT2D eigenvalue weighted by Crippen LogP contribution is 2.32. The molecule has 1 amide bonds. The summed E-state index contributed by atoms with van der Waals surface area (Å²) in [7, 11) is 0. The van der Waals surface area contributed by atoms with E-state index in [1.165, 1.54) is 35.5 Å². The topological polar surface area (TPSA) is 70.2 Å². The number of hydrogen-bond acceptors (Lipinski definition) is 7. The first kappa shape index (κ1) is 16.4. The van der Waals surface area contributed by atoms with Crippen LogP contribution in [0.5, 0.6) is 0 Å². The number of nitrogens with zero attached hydrogens (tertiary/aromatic N) is 3. The molecule has 0 aliphatic carbocycles. The summed E-state index contributed by atoms with van der Waals surface area (Å²) in [6.45, 7) is 1.93. The number of fused-ring (bicyclic) bond motifs is 4. The Bertz CT molecular complexity index is 979. The Labute approximate surface area is 163 Å². The summed E-state index contributed by atoms with van der Waals surface area (Å²) in [5.41, 5.74) is 1.83. The molecule has 9 heteroatoms. The van der Waals surface area contributed by atoms with Crippen molar-refractivity contribution < 1.29 is 4.79 Å². The van der Waals surface area contributed by atoms with Gasteiger partial charge in [0.15, 0.2) is 0 Å². The fourth-order valence-electron chi connectivity index (χ4n) is 3.66. The molecule has 26 heavy (non-hydrogen) atoms. The molecule has 3 fully saturated rings. The monoisotopic (exact) mass is 405 g/mol. The van der Waals surface area contributed by atoms with Crippen molar-refractivity contribution in [2.24, 2.45) is 0 Å². The van der Waals surface area contributed by atoms with Gasteiger partial charge >= 0.3 is 0 Å². The van der Waals surface area contributed by atoms with Crippen LogP contribution in [-0.2, 0) is 0 Å². The number of rotatable bonds is 3. The van der Waals surface area contributed by atoms with Crippen LogP contribution in [0.2, 0.25) is 4.34 Å². The Morgan fingerprint density at radius 1 is 1.38 bits per heavy atom. The molecular formula is C17H16ClN5OS2. The second kappa shape index (κ2) is 6.45. The number of carbonyl (C=O) groups excluding carboxylic acids is 1. The van der Waals surface area contributed by atoms with E-state index in [1.807, 2.05) is 17.0 Å². The highest BCUT2D eigenvalue weighted by Gasteiger charge is 2.34. The molecule has 2 N–H and O–H groups in total. The lowest BCUT2D eigenvalue weighted by Gasteiger charge is -2.46. The van der Waals surface area contributed by atoms with Crippen LogP contribution in [0.4, 0.5) is 11.5 Å². The molecule has 0 unspecified atom stereocenters. The first-order chi connectivity index (χ1) is 12.7. The number of piperidine rings is 2. The zero-order valence-corrected chi connectivity index (χ0v) is 16.1. The normalized spacial score (nSPS) is 22.1. The van der Waals surface area contributed by atoms with Crippen LogP contribution < -0.4 is 15.5 Å². The van der Waals surface area contributed by atoms with E-state index >= 15 is 0 Å². The first-order valence-electron chi connectivity index (χ1n) is 8.47. The molecule has 0 radical (unpaired) electrons. The van der Waals surface area contributed by atoms with E-state index in [1.54, 1.807) is 6.07 Å². The lowest BCUT2D eigenvalue weighted by molar-refractivity contribution is 0.102. The molecule has 3 aromatic rings. The van der Waals surface area contributed by atoms with Crippen molar-refractivity contribution in [3.63, 3.8) is 0 Å². The number of hydrogen-bond donors (Lipinski definition) is 2. The average molecular weight is 406 g/mol. The minimum atomic E-state index is -0.204. The van der Waals surface area contributed by atoms with Gasteiger partial charge in [0, 0.05) is 30.6 Å². The molecule has 0 saturated carbocycles. The molecule has 2 bridgehead atoms. The predicted molar refractivity (Wildman–Crippen MR) is 107 cm³/mol. The van der Waals surface area contributed by atoms with Crippen molar-refractivity contribution in [1.82, 2.24) is 15.3 Å². The number of thiophene rings is 2. The molecule has 3 saturated heterocycles. The molecule has 6 nitrogen and oxygen atoms in total. The van der Waals surface area contributed by atoms with Crippen molar-refractivity contribution in [3.8, 4) is 0 Å². The van der Waals surface area contributed by atoms with Gasteiger partial charge in [-0.05, 0) is 24.3 Å². The second-order valence-electron chi connectivity index (χ2n) is 6.58. The van der Waals surface area contributed by atoms with Crippen LogP contribution in [0.1, 0.15) is 23.2 Å². The Hall–Kier alpha value is -1.74. The summed E-state index contributed by atoms with van der Waals surface area (Å²) >= 11 is 8.91. The average Bonchev–Trinajstić information content (AvgIpc) is 3.28. The van der Waals surface area contributed by atoms with Crippen LogP contribution >= 0.6 is 34.3 Å². The van der Waals surface area contributed by atoms with E-state index < -0.39 is 0 Å². The highest BCUT2D eigenvalue weighted by molar-refractivity contribution is 7.17. The number of amides is 1. The van der Waals surface area contributed by atoms with Gasteiger partial charge in [0.25, 0.3) is 5.91 Å². The molecule has 2 atom stereocenters. The van der Waals surface area contributed by atoms with Crippen LogP contribution in [0.25, 0.3) is 10.3 Å². The number of piperazine rings is 1. The maximum absolute atomic E-state index is 12.7. The molecule has 3 aliphatic rings. The van der Waals surface area contributed by atoms with E-state index in [0.29, 0.717) is 33.2 Å². The standard InChI is InChI=1S/C17H16ClN5OS2/c18-15-12(3-4-25-15)21-16(24)11-8-26-17-14(11)22-13(6-20-17)23-7-9-1-2-10(23)5-19-9/h3-4,6,8-10,19H,1-2,5,7H2,(H,21,24)/t9-,10-/m0/s1. The first-order valence-corrected chi connectivity index (χ1v) is 10.6. The van der Waals surface area contributed by atoms with E-state index in [0.717, 1.165) is 23.7 Å². The van der Waals surface area contributed by atoms with Gasteiger partial charge in [0.2, 0.25) is 0 Å². The van der Waals surface area contributed by atoms with Gasteiger partial charge in [-0.15, -0.1) is 22.7 Å². The smallest absolute Gasteiger partial charge is 0.258 e.